The monoisotopic (exact) mass is 327 g/mol. The quantitative estimate of drug-likeness (QED) is 0.911. The summed E-state index contributed by atoms with van der Waals surface area (Å²) in [5.74, 6) is 0.946. The van der Waals surface area contributed by atoms with Crippen LogP contribution in [0.5, 0.6) is 0 Å². The average molecular weight is 327 g/mol. The van der Waals surface area contributed by atoms with Crippen molar-refractivity contribution in [2.75, 3.05) is 6.61 Å². The molecule has 2 fully saturated rings. The Kier molecular flexibility index (Phi) is 4.58. The van der Waals surface area contributed by atoms with Crippen LogP contribution in [0.15, 0.2) is 30.3 Å². The molecule has 6 nitrogen and oxygen atoms in total. The van der Waals surface area contributed by atoms with Gasteiger partial charge in [-0.15, -0.1) is 5.10 Å². The van der Waals surface area contributed by atoms with Crippen LogP contribution in [0.3, 0.4) is 0 Å². The SMILES string of the molecule is OC[C@@H]1CC[C@H](c2nnnn2Cc2ccccc2)N1C1CCCC1. The number of hydrogen-bond donors (Lipinski definition) is 1. The van der Waals surface area contributed by atoms with Gasteiger partial charge in [-0.05, 0) is 41.7 Å². The van der Waals surface area contributed by atoms with Crippen LogP contribution < -0.4 is 0 Å². The van der Waals surface area contributed by atoms with E-state index in [0.717, 1.165) is 18.7 Å². The van der Waals surface area contributed by atoms with Crippen LogP contribution >= 0.6 is 0 Å². The van der Waals surface area contributed by atoms with Gasteiger partial charge in [0.2, 0.25) is 0 Å². The first-order valence-electron chi connectivity index (χ1n) is 9.05. The second-order valence-corrected chi connectivity index (χ2v) is 7.00. The number of aliphatic hydroxyl groups is 1. The lowest BCUT2D eigenvalue weighted by Crippen LogP contribution is -2.41. The molecular formula is C18H25N5O. The van der Waals surface area contributed by atoms with E-state index in [4.69, 9.17) is 0 Å². The van der Waals surface area contributed by atoms with E-state index in [9.17, 15) is 5.11 Å². The molecule has 1 saturated heterocycles. The molecule has 1 aromatic carbocycles. The minimum atomic E-state index is 0.226. The van der Waals surface area contributed by atoms with E-state index in [-0.39, 0.29) is 18.7 Å². The minimum absolute atomic E-state index is 0.226. The second-order valence-electron chi connectivity index (χ2n) is 7.00. The summed E-state index contributed by atoms with van der Waals surface area (Å²) < 4.78 is 1.93. The summed E-state index contributed by atoms with van der Waals surface area (Å²) in [5, 5.41) is 22.4. The smallest absolute Gasteiger partial charge is 0.168 e. The van der Waals surface area contributed by atoms with E-state index in [2.05, 4.69) is 32.6 Å². The molecule has 0 bridgehead atoms. The zero-order chi connectivity index (χ0) is 16.4. The van der Waals surface area contributed by atoms with Crippen LogP contribution in [0.1, 0.15) is 56.0 Å². The molecule has 2 aromatic rings. The van der Waals surface area contributed by atoms with Crippen LogP contribution in [0.2, 0.25) is 0 Å². The molecule has 2 heterocycles. The average Bonchev–Trinajstić information content (AvgIpc) is 3.35. The van der Waals surface area contributed by atoms with Gasteiger partial charge < -0.3 is 5.11 Å². The number of benzene rings is 1. The van der Waals surface area contributed by atoms with Gasteiger partial charge in [0.25, 0.3) is 0 Å². The molecule has 24 heavy (non-hydrogen) atoms. The van der Waals surface area contributed by atoms with Gasteiger partial charge in [-0.3, -0.25) is 4.90 Å². The summed E-state index contributed by atoms with van der Waals surface area (Å²) in [6.45, 7) is 0.926. The Morgan fingerprint density at radius 1 is 1.04 bits per heavy atom. The lowest BCUT2D eigenvalue weighted by atomic mass is 10.1. The van der Waals surface area contributed by atoms with Crippen LogP contribution in [-0.2, 0) is 6.54 Å². The predicted octanol–water partition coefficient (Wildman–Crippen LogP) is 2.16. The van der Waals surface area contributed by atoms with Gasteiger partial charge in [0.15, 0.2) is 5.82 Å². The minimum Gasteiger partial charge on any atom is -0.395 e. The number of hydrogen-bond acceptors (Lipinski definition) is 5. The van der Waals surface area contributed by atoms with E-state index in [0.29, 0.717) is 12.6 Å². The summed E-state index contributed by atoms with van der Waals surface area (Å²) in [7, 11) is 0. The van der Waals surface area contributed by atoms with Crippen LogP contribution in [0.4, 0.5) is 0 Å². The van der Waals surface area contributed by atoms with Crippen molar-refractivity contribution in [3.05, 3.63) is 41.7 Å². The maximum Gasteiger partial charge on any atom is 0.168 e. The molecule has 0 unspecified atom stereocenters. The van der Waals surface area contributed by atoms with E-state index < -0.39 is 0 Å². The molecule has 1 aliphatic carbocycles. The Hall–Kier alpha value is -1.79. The fourth-order valence-electron chi connectivity index (χ4n) is 4.43. The van der Waals surface area contributed by atoms with E-state index in [1.807, 2.05) is 22.9 Å². The maximum absolute atomic E-state index is 9.82. The fraction of sp³-hybridized carbons (Fsp3) is 0.611. The molecule has 6 heteroatoms. The van der Waals surface area contributed by atoms with Gasteiger partial charge in [-0.25, -0.2) is 4.68 Å². The molecule has 1 N–H and O–H groups in total. The Morgan fingerprint density at radius 3 is 2.58 bits per heavy atom. The maximum atomic E-state index is 9.82. The summed E-state index contributed by atoms with van der Waals surface area (Å²) >= 11 is 0. The molecule has 1 aliphatic heterocycles. The van der Waals surface area contributed by atoms with E-state index >= 15 is 0 Å². The number of nitrogens with zero attached hydrogens (tertiary/aromatic N) is 5. The molecule has 1 aromatic heterocycles. The largest absolute Gasteiger partial charge is 0.395 e. The second kappa shape index (κ2) is 6.99. The zero-order valence-electron chi connectivity index (χ0n) is 14.0. The molecule has 128 valence electrons. The molecule has 0 amide bonds. The van der Waals surface area contributed by atoms with Gasteiger partial charge in [0, 0.05) is 12.1 Å². The van der Waals surface area contributed by atoms with Gasteiger partial charge in [-0.2, -0.15) is 0 Å². The van der Waals surface area contributed by atoms with Crippen molar-refractivity contribution in [2.24, 2.45) is 0 Å². The van der Waals surface area contributed by atoms with Crippen molar-refractivity contribution in [3.8, 4) is 0 Å². The lowest BCUT2D eigenvalue weighted by Gasteiger charge is -2.34. The highest BCUT2D eigenvalue weighted by Gasteiger charge is 2.41. The molecule has 0 spiro atoms. The lowest BCUT2D eigenvalue weighted by molar-refractivity contribution is 0.0821. The third-order valence-corrected chi connectivity index (χ3v) is 5.54. The highest BCUT2D eigenvalue weighted by atomic mass is 16.3. The molecule has 1 saturated carbocycles. The number of tetrazole rings is 1. The Bertz CT molecular complexity index is 652. The summed E-state index contributed by atoms with van der Waals surface area (Å²) in [4.78, 5) is 2.51. The number of likely N-dealkylation sites (tertiary alicyclic amines) is 1. The normalized spacial score (nSPS) is 25.5. The van der Waals surface area contributed by atoms with Gasteiger partial charge in [0.05, 0.1) is 19.2 Å². The first-order valence-corrected chi connectivity index (χ1v) is 9.05. The van der Waals surface area contributed by atoms with Crippen molar-refractivity contribution in [1.29, 1.82) is 0 Å². The molecule has 4 rings (SSSR count). The molecule has 2 atom stereocenters. The van der Waals surface area contributed by atoms with Gasteiger partial charge >= 0.3 is 0 Å². The van der Waals surface area contributed by atoms with Crippen LogP contribution in [0, 0.1) is 0 Å². The predicted molar refractivity (Wildman–Crippen MR) is 90.3 cm³/mol. The van der Waals surface area contributed by atoms with Crippen molar-refractivity contribution in [3.63, 3.8) is 0 Å². The van der Waals surface area contributed by atoms with Crippen molar-refractivity contribution in [1.82, 2.24) is 25.1 Å². The van der Waals surface area contributed by atoms with Crippen LogP contribution in [0.25, 0.3) is 0 Å². The number of aliphatic hydroxyl groups excluding tert-OH is 1. The Balaban J connectivity index is 1.59. The van der Waals surface area contributed by atoms with Crippen LogP contribution in [-0.4, -0.2) is 48.9 Å². The van der Waals surface area contributed by atoms with Crippen molar-refractivity contribution >= 4 is 0 Å². The molecular weight excluding hydrogens is 302 g/mol. The standard InChI is InChI=1S/C18H25N5O/c24-13-16-10-11-17(23(16)15-8-4-5-9-15)18-19-20-21-22(18)12-14-6-2-1-3-7-14/h1-3,6-7,15-17,24H,4-5,8-13H2/t16-,17+/m0/s1. The molecule has 2 aliphatic rings. The van der Waals surface area contributed by atoms with E-state index in [1.54, 1.807) is 0 Å². The summed E-state index contributed by atoms with van der Waals surface area (Å²) in [5.41, 5.74) is 1.20. The summed E-state index contributed by atoms with van der Waals surface area (Å²) in [6, 6.07) is 11.4. The number of rotatable bonds is 5. The fourth-order valence-corrected chi connectivity index (χ4v) is 4.43. The first kappa shape index (κ1) is 15.7. The van der Waals surface area contributed by atoms with Crippen molar-refractivity contribution < 1.29 is 5.11 Å². The van der Waals surface area contributed by atoms with Crippen molar-refractivity contribution in [2.45, 2.75) is 63.2 Å². The first-order chi connectivity index (χ1) is 11.9. The number of aromatic nitrogens is 4. The molecule has 0 radical (unpaired) electrons. The zero-order valence-corrected chi connectivity index (χ0v) is 14.0. The van der Waals surface area contributed by atoms with Gasteiger partial charge in [0.1, 0.15) is 0 Å². The Labute approximate surface area is 142 Å². The topological polar surface area (TPSA) is 67.1 Å². The third-order valence-electron chi connectivity index (χ3n) is 5.54. The summed E-state index contributed by atoms with van der Waals surface area (Å²) in [6.07, 6.45) is 7.09. The van der Waals surface area contributed by atoms with E-state index in [1.165, 1.54) is 31.2 Å². The van der Waals surface area contributed by atoms with Gasteiger partial charge in [-0.1, -0.05) is 43.2 Å². The Morgan fingerprint density at radius 2 is 1.83 bits per heavy atom. The third kappa shape index (κ3) is 2.96. The highest BCUT2D eigenvalue weighted by molar-refractivity contribution is 5.15. The highest BCUT2D eigenvalue weighted by Crippen LogP contribution is 2.40.